The van der Waals surface area contributed by atoms with Crippen molar-refractivity contribution in [1.29, 1.82) is 0 Å². The van der Waals surface area contributed by atoms with Crippen LogP contribution < -0.4 is 4.72 Å². The van der Waals surface area contributed by atoms with Gasteiger partial charge in [0.1, 0.15) is 5.82 Å². The fourth-order valence-electron chi connectivity index (χ4n) is 3.51. The van der Waals surface area contributed by atoms with E-state index < -0.39 is 22.2 Å². The first-order valence-electron chi connectivity index (χ1n) is 10.2. The van der Waals surface area contributed by atoms with Gasteiger partial charge in [-0.05, 0) is 43.0 Å². The minimum absolute atomic E-state index is 0.121. The first-order valence-corrected chi connectivity index (χ1v) is 11.8. The number of aromatic nitrogens is 2. The number of carbonyl (C=O) groups is 1. The molecule has 1 saturated carbocycles. The number of alkyl halides is 3. The van der Waals surface area contributed by atoms with E-state index in [0.717, 1.165) is 43.7 Å². The third-order valence-electron chi connectivity index (χ3n) is 5.26. The van der Waals surface area contributed by atoms with Gasteiger partial charge in [0.25, 0.3) is 0 Å². The van der Waals surface area contributed by atoms with Crippen molar-refractivity contribution in [3.05, 3.63) is 53.6 Å². The molecule has 33 heavy (non-hydrogen) atoms. The molecule has 0 saturated heterocycles. The van der Waals surface area contributed by atoms with E-state index in [1.165, 1.54) is 12.1 Å². The highest BCUT2D eigenvalue weighted by atomic mass is 32.2. The summed E-state index contributed by atoms with van der Waals surface area (Å²) in [6.07, 6.45) is -1.06. The quantitative estimate of drug-likeness (QED) is 0.576. The van der Waals surface area contributed by atoms with E-state index in [0.29, 0.717) is 13.0 Å². The van der Waals surface area contributed by atoms with E-state index in [1.807, 2.05) is 10.7 Å². The van der Waals surface area contributed by atoms with Crippen LogP contribution in [-0.4, -0.2) is 58.7 Å². The Morgan fingerprint density at radius 2 is 1.82 bits per heavy atom. The molecule has 0 bridgehead atoms. The third kappa shape index (κ3) is 7.24. The molecule has 8 nitrogen and oxygen atoms in total. The number of fused-ring (bicyclic) bond motifs is 1. The summed E-state index contributed by atoms with van der Waals surface area (Å²) in [5, 5.41) is 11.4. The summed E-state index contributed by atoms with van der Waals surface area (Å²) in [6, 6.07) is 8.69. The normalized spacial score (nSPS) is 18.8. The summed E-state index contributed by atoms with van der Waals surface area (Å²) < 4.78 is 73.6. The van der Waals surface area contributed by atoms with Gasteiger partial charge in [-0.3, -0.25) is 9.58 Å². The lowest BCUT2D eigenvalue weighted by molar-refractivity contribution is -0.192. The van der Waals surface area contributed by atoms with Crippen molar-refractivity contribution in [1.82, 2.24) is 19.4 Å². The van der Waals surface area contributed by atoms with E-state index >= 15 is 0 Å². The number of nitrogens with one attached hydrogen (secondary N) is 1. The van der Waals surface area contributed by atoms with Gasteiger partial charge in [-0.25, -0.2) is 22.3 Å². The Kier molecular flexibility index (Phi) is 7.75. The van der Waals surface area contributed by atoms with Crippen molar-refractivity contribution in [2.45, 2.75) is 49.8 Å². The zero-order valence-electron chi connectivity index (χ0n) is 17.5. The summed E-state index contributed by atoms with van der Waals surface area (Å²) in [7, 11) is -3.15. The van der Waals surface area contributed by atoms with Crippen molar-refractivity contribution in [2.75, 3.05) is 13.1 Å². The molecule has 2 aromatic rings. The van der Waals surface area contributed by atoms with Crippen LogP contribution in [-0.2, 0) is 27.9 Å². The second-order valence-electron chi connectivity index (χ2n) is 7.95. The molecular formula is C20H24F4N4O4S. The number of benzene rings is 1. The first kappa shape index (κ1) is 25.1. The van der Waals surface area contributed by atoms with Crippen LogP contribution >= 0.6 is 0 Å². The van der Waals surface area contributed by atoms with Gasteiger partial charge in [0.2, 0.25) is 10.0 Å². The Labute approximate surface area is 188 Å². The van der Waals surface area contributed by atoms with Gasteiger partial charge in [-0.1, -0.05) is 12.1 Å². The number of sulfonamides is 1. The second-order valence-corrected chi connectivity index (χ2v) is 9.99. The van der Waals surface area contributed by atoms with Crippen molar-refractivity contribution in [2.24, 2.45) is 0 Å². The van der Waals surface area contributed by atoms with Gasteiger partial charge in [0.05, 0.1) is 17.0 Å². The number of nitrogens with zero attached hydrogens (tertiary/aromatic N) is 3. The minimum Gasteiger partial charge on any atom is -0.475 e. The summed E-state index contributed by atoms with van der Waals surface area (Å²) >= 11 is 0. The SMILES string of the molecule is O=C(O)C(F)(F)F.O=S(=O)(NCCC1CN(Cc2ccc(F)cc2)Cc2ccnn21)C1CC1. The monoisotopic (exact) mass is 492 g/mol. The van der Waals surface area contributed by atoms with Crippen molar-refractivity contribution >= 4 is 16.0 Å². The Bertz CT molecular complexity index is 1050. The molecule has 1 fully saturated rings. The largest absolute Gasteiger partial charge is 0.490 e. The van der Waals surface area contributed by atoms with Crippen molar-refractivity contribution in [3.8, 4) is 0 Å². The van der Waals surface area contributed by atoms with E-state index in [1.54, 1.807) is 18.3 Å². The van der Waals surface area contributed by atoms with Crippen LogP contribution in [0.1, 0.15) is 36.6 Å². The molecule has 0 spiro atoms. The first-order chi connectivity index (χ1) is 15.5. The topological polar surface area (TPSA) is 105 Å². The lowest BCUT2D eigenvalue weighted by Crippen LogP contribution is -2.39. The molecule has 0 amide bonds. The van der Waals surface area contributed by atoms with Crippen molar-refractivity contribution < 1.29 is 35.9 Å². The average Bonchev–Trinajstić information content (AvgIpc) is 3.49. The molecule has 1 aromatic carbocycles. The molecule has 1 aromatic heterocycles. The molecule has 182 valence electrons. The van der Waals surface area contributed by atoms with Crippen LogP contribution in [0.5, 0.6) is 0 Å². The number of halogens is 4. The Morgan fingerprint density at radius 1 is 1.18 bits per heavy atom. The number of carboxylic acid groups (broad SMARTS) is 1. The highest BCUT2D eigenvalue weighted by molar-refractivity contribution is 7.90. The highest BCUT2D eigenvalue weighted by Gasteiger charge is 2.38. The molecular weight excluding hydrogens is 468 g/mol. The Balaban J connectivity index is 0.000000383. The molecule has 1 aliphatic carbocycles. The molecule has 2 aliphatic rings. The zero-order valence-corrected chi connectivity index (χ0v) is 18.3. The number of carboxylic acids is 1. The van der Waals surface area contributed by atoms with E-state index in [2.05, 4.69) is 14.7 Å². The number of hydrogen-bond donors (Lipinski definition) is 2. The second kappa shape index (κ2) is 10.2. The molecule has 1 aliphatic heterocycles. The molecule has 4 rings (SSSR count). The summed E-state index contributed by atoms with van der Waals surface area (Å²) in [4.78, 5) is 11.2. The predicted octanol–water partition coefficient (Wildman–Crippen LogP) is 2.68. The smallest absolute Gasteiger partial charge is 0.475 e. The molecule has 2 heterocycles. The fourth-order valence-corrected chi connectivity index (χ4v) is 4.91. The highest BCUT2D eigenvalue weighted by Crippen LogP contribution is 2.28. The van der Waals surface area contributed by atoms with Crippen LogP contribution in [0.3, 0.4) is 0 Å². The van der Waals surface area contributed by atoms with Crippen LogP contribution in [0.4, 0.5) is 17.6 Å². The van der Waals surface area contributed by atoms with Gasteiger partial charge in [0, 0.05) is 32.4 Å². The number of aliphatic carboxylic acids is 1. The molecule has 13 heteroatoms. The van der Waals surface area contributed by atoms with Gasteiger partial charge >= 0.3 is 12.1 Å². The lowest BCUT2D eigenvalue weighted by atomic mass is 10.1. The van der Waals surface area contributed by atoms with Crippen LogP contribution in [0, 0.1) is 5.82 Å². The summed E-state index contributed by atoms with van der Waals surface area (Å²) in [5.74, 6) is -2.99. The molecule has 1 atom stereocenters. The standard InChI is InChI=1S/C18H23FN4O2S.C2HF3O2/c19-15-3-1-14(2-4-15)11-22-12-16-7-9-20-23(16)17(13-22)8-10-21-26(24,25)18-5-6-18;3-2(4,5)1(6)7/h1-4,7,9,17-18,21H,5-6,8,10-13H2;(H,6,7). The Hall–Kier alpha value is -2.51. The van der Waals surface area contributed by atoms with Gasteiger partial charge in [-0.15, -0.1) is 0 Å². The summed E-state index contributed by atoms with van der Waals surface area (Å²) in [6.45, 7) is 2.72. The summed E-state index contributed by atoms with van der Waals surface area (Å²) in [5.41, 5.74) is 2.18. The van der Waals surface area contributed by atoms with E-state index in [9.17, 15) is 26.0 Å². The predicted molar refractivity (Wildman–Crippen MR) is 110 cm³/mol. The van der Waals surface area contributed by atoms with Gasteiger partial charge in [0.15, 0.2) is 0 Å². The zero-order chi connectivity index (χ0) is 24.2. The van der Waals surface area contributed by atoms with Crippen LogP contribution in [0.2, 0.25) is 0 Å². The fraction of sp³-hybridized carbons (Fsp3) is 0.500. The number of hydrogen-bond acceptors (Lipinski definition) is 5. The molecule has 0 radical (unpaired) electrons. The maximum atomic E-state index is 13.1. The number of rotatable bonds is 7. The van der Waals surface area contributed by atoms with Crippen LogP contribution in [0.25, 0.3) is 0 Å². The average molecular weight is 492 g/mol. The van der Waals surface area contributed by atoms with Gasteiger partial charge in [-0.2, -0.15) is 18.3 Å². The van der Waals surface area contributed by atoms with E-state index in [4.69, 9.17) is 9.90 Å². The molecule has 1 unspecified atom stereocenters. The Morgan fingerprint density at radius 3 is 2.39 bits per heavy atom. The van der Waals surface area contributed by atoms with Gasteiger partial charge < -0.3 is 5.11 Å². The maximum Gasteiger partial charge on any atom is 0.490 e. The van der Waals surface area contributed by atoms with E-state index in [-0.39, 0.29) is 17.1 Å². The maximum absolute atomic E-state index is 13.1. The van der Waals surface area contributed by atoms with Crippen LogP contribution in [0.15, 0.2) is 36.5 Å². The van der Waals surface area contributed by atoms with Crippen molar-refractivity contribution in [3.63, 3.8) is 0 Å². The third-order valence-corrected chi connectivity index (χ3v) is 7.21. The molecule has 2 N–H and O–H groups in total. The minimum atomic E-state index is -5.08. The lowest BCUT2D eigenvalue weighted by Gasteiger charge is -2.34.